The molecule has 0 N–H and O–H groups in total. The number of fused-ring (bicyclic) bond motifs is 4. The van der Waals surface area contributed by atoms with Gasteiger partial charge in [-0.25, -0.2) is 0 Å². The maximum Gasteiger partial charge on any atom is 0.137 e. The summed E-state index contributed by atoms with van der Waals surface area (Å²) < 4.78 is 13.5. The summed E-state index contributed by atoms with van der Waals surface area (Å²) in [7, 11) is 0. The van der Waals surface area contributed by atoms with E-state index in [0.29, 0.717) is 0 Å². The molecule has 0 aliphatic carbocycles. The Bertz CT molecular complexity index is 2480. The Morgan fingerprint density at radius 2 is 0.692 bits per heavy atom. The van der Waals surface area contributed by atoms with E-state index < -0.39 is 0 Å². The van der Waals surface area contributed by atoms with Gasteiger partial charge in [0.25, 0.3) is 0 Å². The predicted octanol–water partition coefficient (Wildman–Crippen LogP) is 13.9. The van der Waals surface area contributed by atoms with Crippen LogP contribution in [0.4, 0.5) is 34.1 Å². The first-order valence-electron chi connectivity index (χ1n) is 17.7. The summed E-state index contributed by atoms with van der Waals surface area (Å²) in [5.74, 6) is 3.34. The lowest BCUT2D eigenvalue weighted by atomic mass is 9.88. The van der Waals surface area contributed by atoms with E-state index in [4.69, 9.17) is 9.47 Å². The molecule has 0 saturated carbocycles. The van der Waals surface area contributed by atoms with Crippen molar-refractivity contribution in [3.8, 4) is 45.3 Å². The molecule has 0 unspecified atom stereocenters. The van der Waals surface area contributed by atoms with Crippen molar-refractivity contribution < 1.29 is 9.47 Å². The fourth-order valence-corrected chi connectivity index (χ4v) is 7.79. The van der Waals surface area contributed by atoms with Gasteiger partial charge in [0.1, 0.15) is 23.0 Å². The molecule has 8 aromatic rings. The summed E-state index contributed by atoms with van der Waals surface area (Å²) in [4.78, 5) is 4.56. The molecule has 10 rings (SSSR count). The van der Waals surface area contributed by atoms with Gasteiger partial charge in [-0.05, 0) is 121 Å². The Balaban J connectivity index is 1.07. The number of hydrogen-bond donors (Lipinski definition) is 0. The summed E-state index contributed by atoms with van der Waals surface area (Å²) in [6, 6.07) is 59.9. The zero-order valence-corrected chi connectivity index (χ0v) is 28.9. The number of anilines is 6. The molecule has 0 fully saturated rings. The highest BCUT2D eigenvalue weighted by molar-refractivity contribution is 6.14. The number of nitrogens with zero attached hydrogens (tertiary/aromatic N) is 2. The first-order chi connectivity index (χ1) is 25.6. The smallest absolute Gasteiger partial charge is 0.137 e. The van der Waals surface area contributed by atoms with E-state index in [-0.39, 0.29) is 0 Å². The molecule has 4 heteroatoms. The van der Waals surface area contributed by atoms with Gasteiger partial charge in [0.15, 0.2) is 0 Å². The van der Waals surface area contributed by atoms with E-state index in [0.717, 1.165) is 90.1 Å². The fourth-order valence-electron chi connectivity index (χ4n) is 7.79. The van der Waals surface area contributed by atoms with E-state index in [2.05, 4.69) is 181 Å². The molecule has 2 aliphatic heterocycles. The van der Waals surface area contributed by atoms with Crippen LogP contribution in [-0.4, -0.2) is 0 Å². The molecule has 2 aliphatic rings. The monoisotopic (exact) mass is 670 g/mol. The van der Waals surface area contributed by atoms with Crippen molar-refractivity contribution in [2.75, 3.05) is 9.80 Å². The minimum Gasteiger partial charge on any atom is -0.456 e. The average Bonchev–Trinajstić information content (AvgIpc) is 3.17. The van der Waals surface area contributed by atoms with Crippen LogP contribution in [0.15, 0.2) is 170 Å². The maximum absolute atomic E-state index is 6.77. The molecule has 0 atom stereocenters. The number of benzene rings is 8. The predicted molar refractivity (Wildman–Crippen MR) is 214 cm³/mol. The molecule has 2 heterocycles. The van der Waals surface area contributed by atoms with Crippen molar-refractivity contribution in [2.45, 2.75) is 13.8 Å². The number of ether oxygens (including phenoxy) is 2. The van der Waals surface area contributed by atoms with Crippen LogP contribution < -0.4 is 19.3 Å². The van der Waals surface area contributed by atoms with Crippen LogP contribution in [0, 0.1) is 13.8 Å². The average molecular weight is 671 g/mol. The van der Waals surface area contributed by atoms with Gasteiger partial charge >= 0.3 is 0 Å². The third kappa shape index (κ3) is 4.91. The summed E-state index contributed by atoms with van der Waals surface area (Å²) >= 11 is 0. The molecule has 248 valence electrons. The normalized spacial score (nSPS) is 12.0. The Labute approximate surface area is 303 Å². The number of rotatable bonds is 6. The van der Waals surface area contributed by atoms with Gasteiger partial charge in [-0.3, -0.25) is 0 Å². The Hall–Kier alpha value is -6.78. The molecule has 0 radical (unpaired) electrons. The Morgan fingerprint density at radius 3 is 1.12 bits per heavy atom. The highest BCUT2D eigenvalue weighted by atomic mass is 16.5. The molecule has 0 amide bonds. The van der Waals surface area contributed by atoms with Crippen LogP contribution in [0.5, 0.6) is 23.0 Å². The van der Waals surface area contributed by atoms with E-state index in [9.17, 15) is 0 Å². The van der Waals surface area contributed by atoms with Gasteiger partial charge in [-0.15, -0.1) is 0 Å². The third-order valence-corrected chi connectivity index (χ3v) is 10.1. The van der Waals surface area contributed by atoms with Crippen molar-refractivity contribution >= 4 is 44.9 Å². The van der Waals surface area contributed by atoms with Gasteiger partial charge in [0, 0.05) is 68.2 Å². The summed E-state index contributed by atoms with van der Waals surface area (Å²) in [6.45, 7) is 4.26. The van der Waals surface area contributed by atoms with E-state index >= 15 is 0 Å². The van der Waals surface area contributed by atoms with Crippen molar-refractivity contribution in [2.24, 2.45) is 0 Å². The minimum atomic E-state index is 0.834. The number of hydrogen-bond acceptors (Lipinski definition) is 4. The molecule has 52 heavy (non-hydrogen) atoms. The zero-order chi connectivity index (χ0) is 34.8. The first kappa shape index (κ1) is 30.1. The van der Waals surface area contributed by atoms with Gasteiger partial charge in [0.05, 0.1) is 0 Å². The standard InChI is InChI=1S/C48H34N2O2/c1-31-11-9-17-35(27-31)49(33-13-5-3-6-14-33)37-19-21-39-41-23-24-42-40-22-20-38(50(34-15-7-4-8-16-34)36-18-10-12-32(2)28-36)30-46(40)52-44-26-25-43(47(41)48(42)44)51-45(39)29-37/h3-30H,1-2H3. The summed E-state index contributed by atoms with van der Waals surface area (Å²) in [6.07, 6.45) is 0. The molecule has 8 aromatic carbocycles. The second-order valence-corrected chi connectivity index (χ2v) is 13.6. The molecule has 0 saturated heterocycles. The van der Waals surface area contributed by atoms with Crippen molar-refractivity contribution in [1.29, 1.82) is 0 Å². The zero-order valence-electron chi connectivity index (χ0n) is 28.9. The molecule has 4 nitrogen and oxygen atoms in total. The van der Waals surface area contributed by atoms with Crippen molar-refractivity contribution in [1.82, 2.24) is 0 Å². The molecule has 0 bridgehead atoms. The highest BCUT2D eigenvalue weighted by Gasteiger charge is 2.29. The second-order valence-electron chi connectivity index (χ2n) is 13.6. The van der Waals surface area contributed by atoms with Gasteiger partial charge in [-0.1, -0.05) is 72.8 Å². The third-order valence-electron chi connectivity index (χ3n) is 10.1. The van der Waals surface area contributed by atoms with Gasteiger partial charge in [-0.2, -0.15) is 0 Å². The highest BCUT2D eigenvalue weighted by Crippen LogP contribution is 2.56. The van der Waals surface area contributed by atoms with Crippen molar-refractivity contribution in [3.63, 3.8) is 0 Å². The van der Waals surface area contributed by atoms with Crippen LogP contribution in [0.25, 0.3) is 33.0 Å². The van der Waals surface area contributed by atoms with Crippen LogP contribution in [0.1, 0.15) is 11.1 Å². The molecular formula is C48H34N2O2. The fraction of sp³-hybridized carbons (Fsp3) is 0.0417. The Kier molecular flexibility index (Phi) is 6.90. The van der Waals surface area contributed by atoms with E-state index in [1.54, 1.807) is 0 Å². The van der Waals surface area contributed by atoms with Crippen LogP contribution in [0.2, 0.25) is 0 Å². The quantitative estimate of drug-likeness (QED) is 0.176. The molecule has 0 aromatic heterocycles. The second kappa shape index (κ2) is 11.9. The van der Waals surface area contributed by atoms with Crippen LogP contribution in [-0.2, 0) is 0 Å². The van der Waals surface area contributed by atoms with Crippen LogP contribution >= 0.6 is 0 Å². The van der Waals surface area contributed by atoms with Crippen LogP contribution in [0.3, 0.4) is 0 Å². The SMILES string of the molecule is Cc1cccc(N(c2ccccc2)c2ccc3c(c2)Oc2ccc4c5c(ccc-3c25)-c2ccc(N(c3ccccc3)c3cccc(C)c3)cc2O4)c1. The minimum absolute atomic E-state index is 0.834. The summed E-state index contributed by atoms with van der Waals surface area (Å²) in [5, 5.41) is 2.16. The lowest BCUT2D eigenvalue weighted by molar-refractivity contribution is 0.475. The maximum atomic E-state index is 6.77. The Morgan fingerprint density at radius 1 is 0.308 bits per heavy atom. The first-order valence-corrected chi connectivity index (χ1v) is 17.7. The van der Waals surface area contributed by atoms with Gasteiger partial charge in [0.2, 0.25) is 0 Å². The van der Waals surface area contributed by atoms with E-state index in [1.807, 2.05) is 12.1 Å². The summed E-state index contributed by atoms with van der Waals surface area (Å²) in [5.41, 5.74) is 13.3. The lowest BCUT2D eigenvalue weighted by Gasteiger charge is -2.30. The van der Waals surface area contributed by atoms with E-state index in [1.165, 1.54) is 11.1 Å². The number of para-hydroxylation sites is 2. The topological polar surface area (TPSA) is 24.9 Å². The number of aryl methyl sites for hydroxylation is 2. The largest absolute Gasteiger partial charge is 0.456 e. The molecule has 0 spiro atoms. The van der Waals surface area contributed by atoms with Gasteiger partial charge < -0.3 is 19.3 Å². The van der Waals surface area contributed by atoms with Crippen molar-refractivity contribution in [3.05, 3.63) is 181 Å². The molecular weight excluding hydrogens is 637 g/mol. The lowest BCUT2D eigenvalue weighted by Crippen LogP contribution is -2.11.